The second-order valence-corrected chi connectivity index (χ2v) is 8.07. The molecule has 0 spiro atoms. The van der Waals surface area contributed by atoms with Gasteiger partial charge in [-0.15, -0.1) is 0 Å². The van der Waals surface area contributed by atoms with Gasteiger partial charge in [0.2, 0.25) is 5.91 Å². The third kappa shape index (κ3) is 5.01. The summed E-state index contributed by atoms with van der Waals surface area (Å²) in [5.41, 5.74) is 1.76. The summed E-state index contributed by atoms with van der Waals surface area (Å²) in [7, 11) is 0. The molecule has 0 aliphatic heterocycles. The number of aryl methyl sites for hydroxylation is 1. The van der Waals surface area contributed by atoms with Gasteiger partial charge in [-0.3, -0.25) is 9.59 Å². The monoisotopic (exact) mass is 444 g/mol. The Labute approximate surface area is 185 Å². The van der Waals surface area contributed by atoms with E-state index in [2.05, 4.69) is 15.7 Å². The van der Waals surface area contributed by atoms with Crippen LogP contribution in [0.2, 0.25) is 10.0 Å². The minimum Gasteiger partial charge on any atom is -0.340 e. The highest BCUT2D eigenvalue weighted by Gasteiger charge is 2.26. The highest BCUT2D eigenvalue weighted by molar-refractivity contribution is 6.33. The topological polar surface area (TPSA) is 76.0 Å². The molecule has 3 aromatic rings. The van der Waals surface area contributed by atoms with Crippen LogP contribution in [0.5, 0.6) is 0 Å². The van der Waals surface area contributed by atoms with E-state index in [9.17, 15) is 9.59 Å². The van der Waals surface area contributed by atoms with Crippen molar-refractivity contribution >= 4 is 40.8 Å². The van der Waals surface area contributed by atoms with E-state index in [1.165, 1.54) is 0 Å². The number of anilines is 1. The first-order valence-corrected chi connectivity index (χ1v) is 10.2. The van der Waals surface area contributed by atoms with Crippen LogP contribution in [-0.4, -0.2) is 27.6 Å². The number of benzene rings is 2. The molecule has 0 aliphatic carbocycles. The highest BCUT2D eigenvalue weighted by atomic mass is 35.5. The number of rotatable bonds is 6. The van der Waals surface area contributed by atoms with Gasteiger partial charge in [-0.1, -0.05) is 55.2 Å². The van der Waals surface area contributed by atoms with Gasteiger partial charge in [0.05, 0.1) is 22.0 Å². The van der Waals surface area contributed by atoms with Crippen LogP contribution < -0.4 is 10.6 Å². The Hall–Kier alpha value is -2.83. The second-order valence-electron chi connectivity index (χ2n) is 7.23. The number of aromatic nitrogens is 2. The third-order valence-electron chi connectivity index (χ3n) is 4.49. The number of carbonyl (C=O) groups is 2. The van der Waals surface area contributed by atoms with Crippen molar-refractivity contribution in [2.45, 2.75) is 26.8 Å². The van der Waals surface area contributed by atoms with E-state index in [1.807, 2.05) is 26.8 Å². The fourth-order valence-corrected chi connectivity index (χ4v) is 3.40. The molecule has 0 saturated carbocycles. The van der Waals surface area contributed by atoms with Crippen molar-refractivity contribution in [2.24, 2.45) is 5.92 Å². The van der Waals surface area contributed by atoms with Gasteiger partial charge in [-0.05, 0) is 43.2 Å². The van der Waals surface area contributed by atoms with Crippen LogP contribution in [0.1, 0.15) is 29.9 Å². The number of hydrogen-bond acceptors (Lipinski definition) is 3. The quantitative estimate of drug-likeness (QED) is 0.568. The number of carbonyl (C=O) groups excluding carboxylic acids is 2. The minimum absolute atomic E-state index is 0.153. The van der Waals surface area contributed by atoms with Gasteiger partial charge in [0, 0.05) is 11.1 Å². The van der Waals surface area contributed by atoms with Crippen molar-refractivity contribution in [3.05, 3.63) is 75.9 Å². The van der Waals surface area contributed by atoms with E-state index < -0.39 is 11.9 Å². The summed E-state index contributed by atoms with van der Waals surface area (Å²) in [5.74, 6) is -0.431. The molecular formula is C22H22Cl2N4O2. The van der Waals surface area contributed by atoms with E-state index in [1.54, 1.807) is 53.2 Å². The van der Waals surface area contributed by atoms with Crippen LogP contribution in [0.4, 0.5) is 5.82 Å². The molecule has 2 aromatic carbocycles. The van der Waals surface area contributed by atoms with Crippen molar-refractivity contribution in [2.75, 3.05) is 5.32 Å². The van der Waals surface area contributed by atoms with Gasteiger partial charge in [-0.25, -0.2) is 4.68 Å². The Morgan fingerprint density at radius 1 is 1.03 bits per heavy atom. The average Bonchev–Trinajstić information content (AvgIpc) is 3.06. The molecule has 1 aromatic heterocycles. The Kier molecular flexibility index (Phi) is 6.80. The first-order valence-electron chi connectivity index (χ1n) is 9.45. The molecule has 0 bridgehead atoms. The van der Waals surface area contributed by atoms with Crippen molar-refractivity contribution in [3.63, 3.8) is 0 Å². The highest BCUT2D eigenvalue weighted by Crippen LogP contribution is 2.21. The maximum Gasteiger partial charge on any atom is 0.253 e. The molecule has 0 unspecified atom stereocenters. The lowest BCUT2D eigenvalue weighted by atomic mass is 10.0. The first kappa shape index (κ1) is 21.9. The van der Waals surface area contributed by atoms with Gasteiger partial charge in [-0.2, -0.15) is 5.10 Å². The van der Waals surface area contributed by atoms with Crippen molar-refractivity contribution in [3.8, 4) is 5.69 Å². The predicted molar refractivity (Wildman–Crippen MR) is 119 cm³/mol. The van der Waals surface area contributed by atoms with Gasteiger partial charge in [0.1, 0.15) is 11.9 Å². The fraction of sp³-hybridized carbons (Fsp3) is 0.227. The van der Waals surface area contributed by atoms with Gasteiger partial charge >= 0.3 is 0 Å². The van der Waals surface area contributed by atoms with E-state index >= 15 is 0 Å². The first-order chi connectivity index (χ1) is 14.3. The Bertz CT molecular complexity index is 1080. The summed E-state index contributed by atoms with van der Waals surface area (Å²) in [4.78, 5) is 25.7. The fourth-order valence-electron chi connectivity index (χ4n) is 3.00. The normalized spacial score (nSPS) is 11.9. The molecule has 0 radical (unpaired) electrons. The Balaban J connectivity index is 1.83. The molecule has 3 rings (SSSR count). The molecule has 0 saturated heterocycles. The molecule has 1 heterocycles. The van der Waals surface area contributed by atoms with E-state index in [0.717, 1.165) is 5.69 Å². The standard InChI is InChI=1S/C22H22Cl2N4O2/c1-13(2)20(26-21(29)17-9-4-5-10-18(17)24)22(30)25-19-11-14(3)27-28(19)16-8-6-7-15(23)12-16/h4-13,20H,1-3H3,(H,25,30)(H,26,29)/t20-/m0/s1. The van der Waals surface area contributed by atoms with Crippen molar-refractivity contribution in [1.29, 1.82) is 0 Å². The van der Waals surface area contributed by atoms with Crippen molar-refractivity contribution in [1.82, 2.24) is 15.1 Å². The molecule has 6 nitrogen and oxygen atoms in total. The summed E-state index contributed by atoms with van der Waals surface area (Å²) in [5, 5.41) is 11.0. The Morgan fingerprint density at radius 2 is 1.77 bits per heavy atom. The summed E-state index contributed by atoms with van der Waals surface area (Å²) >= 11 is 12.2. The zero-order valence-electron chi connectivity index (χ0n) is 16.8. The number of nitrogens with one attached hydrogen (secondary N) is 2. The maximum atomic E-state index is 13.0. The zero-order valence-corrected chi connectivity index (χ0v) is 18.3. The lowest BCUT2D eigenvalue weighted by Crippen LogP contribution is -2.47. The molecule has 0 fully saturated rings. The molecule has 1 atom stereocenters. The van der Waals surface area contributed by atoms with Crippen LogP contribution in [-0.2, 0) is 4.79 Å². The lowest BCUT2D eigenvalue weighted by Gasteiger charge is -2.22. The van der Waals surface area contributed by atoms with Crippen LogP contribution in [0, 0.1) is 12.8 Å². The van der Waals surface area contributed by atoms with Gasteiger partial charge < -0.3 is 10.6 Å². The predicted octanol–water partition coefficient (Wildman–Crippen LogP) is 4.88. The van der Waals surface area contributed by atoms with E-state index in [0.29, 0.717) is 27.1 Å². The minimum atomic E-state index is -0.767. The summed E-state index contributed by atoms with van der Waals surface area (Å²) < 4.78 is 1.60. The molecule has 0 aliphatic rings. The average molecular weight is 445 g/mol. The smallest absolute Gasteiger partial charge is 0.253 e. The number of hydrogen-bond donors (Lipinski definition) is 2. The molecule has 30 heavy (non-hydrogen) atoms. The van der Waals surface area contributed by atoms with Crippen LogP contribution in [0.25, 0.3) is 5.69 Å². The largest absolute Gasteiger partial charge is 0.340 e. The third-order valence-corrected chi connectivity index (χ3v) is 5.05. The molecule has 156 valence electrons. The lowest BCUT2D eigenvalue weighted by molar-refractivity contribution is -0.118. The summed E-state index contributed by atoms with van der Waals surface area (Å²) in [6.45, 7) is 5.54. The van der Waals surface area contributed by atoms with Crippen LogP contribution in [0.3, 0.4) is 0 Å². The van der Waals surface area contributed by atoms with E-state index in [4.69, 9.17) is 23.2 Å². The molecular weight excluding hydrogens is 423 g/mol. The van der Waals surface area contributed by atoms with Crippen molar-refractivity contribution < 1.29 is 9.59 Å². The number of nitrogens with zero attached hydrogens (tertiary/aromatic N) is 2. The zero-order chi connectivity index (χ0) is 21.8. The van der Waals surface area contributed by atoms with E-state index in [-0.39, 0.29) is 11.8 Å². The number of halogens is 2. The van der Waals surface area contributed by atoms with Crippen LogP contribution >= 0.6 is 23.2 Å². The second kappa shape index (κ2) is 9.32. The summed E-state index contributed by atoms with van der Waals surface area (Å²) in [6, 6.07) is 14.9. The molecule has 2 amide bonds. The van der Waals surface area contributed by atoms with Gasteiger partial charge in [0.25, 0.3) is 5.91 Å². The van der Waals surface area contributed by atoms with Gasteiger partial charge in [0.15, 0.2) is 0 Å². The SMILES string of the molecule is Cc1cc(NC(=O)[C@@H](NC(=O)c2ccccc2Cl)C(C)C)n(-c2cccc(Cl)c2)n1. The number of amides is 2. The molecule has 2 N–H and O–H groups in total. The summed E-state index contributed by atoms with van der Waals surface area (Å²) in [6.07, 6.45) is 0. The maximum absolute atomic E-state index is 13.0. The molecule has 8 heteroatoms. The van der Waals surface area contributed by atoms with Crippen LogP contribution in [0.15, 0.2) is 54.6 Å². The Morgan fingerprint density at radius 3 is 2.43 bits per heavy atom.